The zero-order chi connectivity index (χ0) is 58.3. The maximum Gasteiger partial charge on any atom is 0.238 e. The largest absolute Gasteiger partial charge is 0.380 e. The first-order valence-electron chi connectivity index (χ1n) is 28.2. The Labute approximate surface area is 481 Å². The Bertz CT molecular complexity index is 3540. The van der Waals surface area contributed by atoms with Gasteiger partial charge in [-0.15, -0.1) is 0 Å². The third-order valence-corrected chi connectivity index (χ3v) is 14.8. The van der Waals surface area contributed by atoms with Crippen LogP contribution >= 0.6 is 0 Å². The van der Waals surface area contributed by atoms with Crippen molar-refractivity contribution in [2.24, 2.45) is 14.1 Å². The van der Waals surface area contributed by atoms with Crippen molar-refractivity contribution in [3.05, 3.63) is 131 Å². The summed E-state index contributed by atoms with van der Waals surface area (Å²) < 4.78 is 24.6. The van der Waals surface area contributed by atoms with Crippen molar-refractivity contribution in [3.63, 3.8) is 0 Å². The number of carbonyl (C=O) groups is 3. The van der Waals surface area contributed by atoms with Crippen molar-refractivity contribution < 1.29 is 32.9 Å². The minimum Gasteiger partial charge on any atom is -0.380 e. The second-order valence-corrected chi connectivity index (χ2v) is 23.5. The van der Waals surface area contributed by atoms with E-state index in [1.807, 2.05) is 80.2 Å². The normalized spacial score (nSPS) is 18.2. The number of ketones is 3. The number of rotatable bonds is 13. The summed E-state index contributed by atoms with van der Waals surface area (Å²) >= 11 is 0. The van der Waals surface area contributed by atoms with Crippen LogP contribution in [0.5, 0.6) is 0 Å². The van der Waals surface area contributed by atoms with Crippen LogP contribution in [0.2, 0.25) is 0 Å². The van der Waals surface area contributed by atoms with Crippen LogP contribution in [-0.4, -0.2) is 128 Å². The van der Waals surface area contributed by atoms with Crippen LogP contribution in [0.25, 0.3) is 22.5 Å². The molecule has 2 fully saturated rings. The molecule has 23 heteroatoms. The average molecular weight is 1130 g/mol. The zero-order valence-electron chi connectivity index (χ0n) is 48.4. The van der Waals surface area contributed by atoms with E-state index in [1.165, 1.54) is 16.7 Å². The Morgan fingerprint density at radius 3 is 1.70 bits per heavy atom. The zero-order valence-corrected chi connectivity index (χ0v) is 48.4. The number of nitrogens with one attached hydrogen (secondary N) is 3. The number of nitrogens with zero attached hydrogens (tertiary/aromatic N) is 13. The summed E-state index contributed by atoms with van der Waals surface area (Å²) in [5, 5.41) is 26.2. The van der Waals surface area contributed by atoms with Gasteiger partial charge in [0, 0.05) is 106 Å². The predicted molar refractivity (Wildman–Crippen MR) is 308 cm³/mol. The second kappa shape index (κ2) is 25.5. The van der Waals surface area contributed by atoms with Gasteiger partial charge in [-0.3, -0.25) is 28.6 Å². The molecule has 0 saturated carbocycles. The minimum absolute atomic E-state index is 0.0451. The Kier molecular flexibility index (Phi) is 17.8. The molecule has 0 radical (unpaired) electrons. The third-order valence-electron chi connectivity index (χ3n) is 14.8. The molecule has 0 amide bonds. The Balaban J connectivity index is 0.000000169. The lowest BCUT2D eigenvalue weighted by atomic mass is 9.87. The minimum atomic E-state index is -0.310. The van der Waals surface area contributed by atoms with Gasteiger partial charge >= 0.3 is 0 Å². The van der Waals surface area contributed by atoms with Crippen molar-refractivity contribution in [3.8, 4) is 22.5 Å². The van der Waals surface area contributed by atoms with Gasteiger partial charge in [0.05, 0.1) is 48.4 Å². The number of benzene rings is 2. The molecule has 434 valence electrons. The first kappa shape index (κ1) is 58.0. The number of anilines is 4. The smallest absolute Gasteiger partial charge is 0.238 e. The van der Waals surface area contributed by atoms with Crippen molar-refractivity contribution >= 4 is 40.6 Å². The predicted octanol–water partition coefficient (Wildman–Crippen LogP) is 8.78. The van der Waals surface area contributed by atoms with Crippen LogP contribution in [0, 0.1) is 0 Å². The van der Waals surface area contributed by atoms with Crippen molar-refractivity contribution in [2.75, 3.05) is 50.2 Å². The number of Topliss-reactive ketones (excluding diaryl/α,β-unsaturated/α-hetero) is 3. The van der Waals surface area contributed by atoms with Gasteiger partial charge in [0.2, 0.25) is 46.9 Å². The molecule has 3 N–H and O–H groups in total. The summed E-state index contributed by atoms with van der Waals surface area (Å²) in [5.74, 6) is 2.43. The average Bonchev–Trinajstić information content (AvgIpc) is 4.55. The first-order valence-corrected chi connectivity index (χ1v) is 28.2. The molecule has 3 unspecified atom stereocenters. The standard InChI is InChI=1S/C30H36N8O3.C26H30N8O2.C4H6O2/c1-30(2,3)28-35-27(36-41-28)26(39)14-19-8-11-38(23-9-12-40-18-23)16-21-13-20(5-6-24(19)21)25-7-10-31-29(34-25)33-22-15-32-37(4)17-22;1-26(2,3)24-32-23(33-36-24)22(35)12-16-7-9-27-13-18-11-17(5-6-20(16)18)21-8-10-28-25(31-21)30-19-14-29-34(4)15-19;5-4-1-2-6-3-4/h5-7,10,13,15,17,19,23H,8-9,11-12,14,16,18H2,1-4H3,(H,31,33,34);5-6,8,10-11,14-16,27H,7,9,12-13H2,1-4H3,(H,28,30,31);1-3H2. The molecule has 2 aromatic carbocycles. The number of fused-ring (bicyclic) bond motifs is 2. The molecule has 12 rings (SSSR count). The van der Waals surface area contributed by atoms with E-state index in [1.54, 1.807) is 34.2 Å². The highest BCUT2D eigenvalue weighted by Gasteiger charge is 2.33. The molecule has 3 atom stereocenters. The number of hydrogen-bond acceptors (Lipinski definition) is 21. The highest BCUT2D eigenvalue weighted by atomic mass is 16.5. The third kappa shape index (κ3) is 14.9. The summed E-state index contributed by atoms with van der Waals surface area (Å²) in [4.78, 5) is 65.9. The van der Waals surface area contributed by atoms with Crippen LogP contribution in [0.1, 0.15) is 147 Å². The fraction of sp³-hybridized carbons (Fsp3) is 0.450. The molecular weight excluding hydrogens is 1060 g/mol. The van der Waals surface area contributed by atoms with Crippen molar-refractivity contribution in [1.82, 2.24) is 70.0 Å². The summed E-state index contributed by atoms with van der Waals surface area (Å²) in [6.07, 6.45) is 14.7. The molecule has 2 saturated heterocycles. The van der Waals surface area contributed by atoms with E-state index < -0.39 is 0 Å². The van der Waals surface area contributed by atoms with Crippen molar-refractivity contribution in [1.29, 1.82) is 0 Å². The Hall–Kier alpha value is -8.25. The SMILES string of the molecule is Cn1cc(Nc2nccc(-c3ccc4c(c3)CN(C3CCOC3)CCC4CC(=O)c3noc(C(C)(C)C)n3)n2)cn1.Cn1cc(Nc2nccc(-c3ccc4c(c3)CNCCC4CC(=O)c3noc(C(C)(C)C)n3)n2)cn1.O=C1CCOC1. The first-order chi connectivity index (χ1) is 39.9. The van der Waals surface area contributed by atoms with Crippen LogP contribution in [0.15, 0.2) is 94.8 Å². The molecular formula is C60H72N16O7. The van der Waals surface area contributed by atoms with E-state index in [0.717, 1.165) is 98.1 Å². The van der Waals surface area contributed by atoms with Crippen LogP contribution in [0.3, 0.4) is 0 Å². The fourth-order valence-corrected chi connectivity index (χ4v) is 10.3. The van der Waals surface area contributed by atoms with Gasteiger partial charge < -0.3 is 34.5 Å². The van der Waals surface area contributed by atoms with Gasteiger partial charge in [0.15, 0.2) is 5.78 Å². The van der Waals surface area contributed by atoms with Gasteiger partial charge in [-0.25, -0.2) is 19.9 Å². The molecule has 83 heavy (non-hydrogen) atoms. The topological polar surface area (TPSA) is 274 Å². The second-order valence-electron chi connectivity index (χ2n) is 23.5. The van der Waals surface area contributed by atoms with Gasteiger partial charge in [-0.2, -0.15) is 20.2 Å². The van der Waals surface area contributed by atoms with E-state index in [2.05, 4.69) is 103 Å². The highest BCUT2D eigenvalue weighted by Crippen LogP contribution is 2.37. The highest BCUT2D eigenvalue weighted by molar-refractivity contribution is 5.93. The molecule has 10 heterocycles. The van der Waals surface area contributed by atoms with Gasteiger partial charge in [-0.05, 0) is 90.7 Å². The van der Waals surface area contributed by atoms with Gasteiger partial charge in [0.25, 0.3) is 0 Å². The van der Waals surface area contributed by atoms with Crippen LogP contribution < -0.4 is 16.0 Å². The number of aromatic nitrogens is 12. The Morgan fingerprint density at radius 2 is 1.23 bits per heavy atom. The van der Waals surface area contributed by atoms with Crippen LogP contribution in [-0.2, 0) is 52.3 Å². The van der Waals surface area contributed by atoms with Crippen molar-refractivity contribution in [2.45, 2.75) is 122 Å². The lowest BCUT2D eigenvalue weighted by Gasteiger charge is -2.26. The van der Waals surface area contributed by atoms with Crippen LogP contribution in [0.4, 0.5) is 23.3 Å². The number of hydrogen-bond donors (Lipinski definition) is 3. The number of ether oxygens (including phenoxy) is 2. The molecule has 0 bridgehead atoms. The molecule has 8 aromatic rings. The lowest BCUT2D eigenvalue weighted by Crippen LogP contribution is -2.35. The monoisotopic (exact) mass is 1130 g/mol. The number of carbonyl (C=O) groups excluding carboxylic acids is 3. The van der Waals surface area contributed by atoms with E-state index in [-0.39, 0.29) is 51.7 Å². The van der Waals surface area contributed by atoms with E-state index in [4.69, 9.17) is 23.5 Å². The van der Waals surface area contributed by atoms with E-state index in [9.17, 15) is 14.4 Å². The summed E-state index contributed by atoms with van der Waals surface area (Å²) in [6.45, 7) is 17.7. The summed E-state index contributed by atoms with van der Waals surface area (Å²) in [5.41, 5.74) is 9.39. The van der Waals surface area contributed by atoms with E-state index >= 15 is 0 Å². The summed E-state index contributed by atoms with van der Waals surface area (Å²) in [6, 6.07) is 17.0. The molecule has 4 aliphatic heterocycles. The molecule has 6 aromatic heterocycles. The molecule has 4 aliphatic rings. The maximum absolute atomic E-state index is 13.3. The maximum atomic E-state index is 13.3. The lowest BCUT2D eigenvalue weighted by molar-refractivity contribution is -0.117. The van der Waals surface area contributed by atoms with Gasteiger partial charge in [0.1, 0.15) is 6.61 Å². The quantitative estimate of drug-likeness (QED) is 0.0910. The molecule has 23 nitrogen and oxygen atoms in total. The van der Waals surface area contributed by atoms with E-state index in [0.29, 0.717) is 62.2 Å². The van der Waals surface area contributed by atoms with Gasteiger partial charge in [-0.1, -0.05) is 76.1 Å². The molecule has 0 spiro atoms. The molecule has 0 aliphatic carbocycles. The number of aryl methyl sites for hydroxylation is 2. The Morgan fingerprint density at radius 1 is 0.675 bits per heavy atom. The summed E-state index contributed by atoms with van der Waals surface area (Å²) in [7, 11) is 3.73. The fourth-order valence-electron chi connectivity index (χ4n) is 10.3.